The maximum atomic E-state index is 13.3. The molecule has 0 atom stereocenters. The molecule has 5 heteroatoms. The molecule has 5 nitrogen and oxygen atoms in total. The number of amides is 1. The molecule has 1 aromatic heterocycles. The van der Waals surface area contributed by atoms with Gasteiger partial charge in [-0.15, -0.1) is 0 Å². The van der Waals surface area contributed by atoms with Crippen molar-refractivity contribution in [1.29, 1.82) is 0 Å². The molecule has 0 unspecified atom stereocenters. The number of hydrogen-bond donors (Lipinski definition) is 0. The highest BCUT2D eigenvalue weighted by Crippen LogP contribution is 2.42. The first kappa shape index (κ1) is 16.2. The molecule has 0 N–H and O–H groups in total. The predicted molar refractivity (Wildman–Crippen MR) is 100 cm³/mol. The van der Waals surface area contributed by atoms with E-state index in [-0.39, 0.29) is 11.4 Å². The van der Waals surface area contributed by atoms with E-state index in [1.807, 2.05) is 30.3 Å². The van der Waals surface area contributed by atoms with Crippen molar-refractivity contribution >= 4 is 17.3 Å². The predicted octanol–water partition coefficient (Wildman–Crippen LogP) is 3.56. The number of carbonyl (C=O) groups excluding carboxylic acids is 1. The Bertz CT molecular complexity index is 813. The molecule has 1 fully saturated rings. The minimum Gasteiger partial charge on any atom is -0.363 e. The average Bonchev–Trinajstić information content (AvgIpc) is 3.34. The van der Waals surface area contributed by atoms with E-state index >= 15 is 0 Å². The Morgan fingerprint density at radius 1 is 1.12 bits per heavy atom. The smallest absolute Gasteiger partial charge is 0.261 e. The molecule has 0 saturated heterocycles. The Morgan fingerprint density at radius 3 is 2.44 bits per heavy atom. The van der Waals surface area contributed by atoms with Crippen LogP contribution in [0.25, 0.3) is 0 Å². The lowest BCUT2D eigenvalue weighted by molar-refractivity contribution is 0.0985. The highest BCUT2D eigenvalue weighted by Gasteiger charge is 2.36. The zero-order valence-electron chi connectivity index (χ0n) is 15.5. The van der Waals surface area contributed by atoms with Crippen molar-refractivity contribution in [1.82, 2.24) is 9.78 Å². The maximum Gasteiger partial charge on any atom is 0.261 e. The summed E-state index contributed by atoms with van der Waals surface area (Å²) >= 11 is 0. The first-order valence-electron chi connectivity index (χ1n) is 9.08. The molecule has 1 saturated carbocycles. The van der Waals surface area contributed by atoms with Gasteiger partial charge in [-0.3, -0.25) is 9.48 Å². The standard InChI is InChI=1S/C20H26N4O/c1-20(2,3)24-12-11-23(16-7-5-6-8-17(16)24)19(25)15-13-22(4)21-18(15)14-9-10-14/h5-8,13-14H,9-12H2,1-4H3. The van der Waals surface area contributed by atoms with E-state index in [0.29, 0.717) is 12.5 Å². The van der Waals surface area contributed by atoms with Gasteiger partial charge in [0.05, 0.1) is 22.6 Å². The van der Waals surface area contributed by atoms with Gasteiger partial charge >= 0.3 is 0 Å². The molecule has 2 aliphatic rings. The third-order valence-electron chi connectivity index (χ3n) is 5.12. The minimum atomic E-state index is 0.0265. The number of carbonyl (C=O) groups is 1. The number of hydrogen-bond acceptors (Lipinski definition) is 3. The molecule has 25 heavy (non-hydrogen) atoms. The second kappa shape index (κ2) is 5.61. The Hall–Kier alpha value is -2.30. The van der Waals surface area contributed by atoms with Gasteiger partial charge in [0.25, 0.3) is 5.91 Å². The molecule has 0 radical (unpaired) electrons. The van der Waals surface area contributed by atoms with Gasteiger partial charge in [-0.05, 0) is 45.7 Å². The minimum absolute atomic E-state index is 0.0265. The second-order valence-electron chi connectivity index (χ2n) is 8.14. The van der Waals surface area contributed by atoms with Crippen LogP contribution in [-0.2, 0) is 7.05 Å². The van der Waals surface area contributed by atoms with Crippen LogP contribution in [0.1, 0.15) is 55.6 Å². The summed E-state index contributed by atoms with van der Waals surface area (Å²) in [6, 6.07) is 8.23. The third-order valence-corrected chi connectivity index (χ3v) is 5.12. The van der Waals surface area contributed by atoms with E-state index in [1.54, 1.807) is 4.68 Å². The van der Waals surface area contributed by atoms with Crippen LogP contribution in [0, 0.1) is 0 Å². The second-order valence-corrected chi connectivity index (χ2v) is 8.14. The molecule has 2 heterocycles. The van der Waals surface area contributed by atoms with Crippen molar-refractivity contribution in [2.24, 2.45) is 7.05 Å². The van der Waals surface area contributed by atoms with Gasteiger partial charge in [-0.1, -0.05) is 12.1 Å². The van der Waals surface area contributed by atoms with E-state index < -0.39 is 0 Å². The van der Waals surface area contributed by atoms with Gasteiger partial charge in [0.2, 0.25) is 0 Å². The summed E-state index contributed by atoms with van der Waals surface area (Å²) in [6.07, 6.45) is 4.17. The van der Waals surface area contributed by atoms with Crippen molar-refractivity contribution in [2.75, 3.05) is 22.9 Å². The van der Waals surface area contributed by atoms with Gasteiger partial charge in [0, 0.05) is 37.8 Å². The Labute approximate surface area is 149 Å². The normalized spacial score (nSPS) is 17.6. The molecule has 2 aromatic rings. The van der Waals surface area contributed by atoms with Crippen LogP contribution < -0.4 is 9.80 Å². The largest absolute Gasteiger partial charge is 0.363 e. The van der Waals surface area contributed by atoms with Crippen molar-refractivity contribution in [3.05, 3.63) is 41.7 Å². The zero-order valence-corrected chi connectivity index (χ0v) is 15.5. The fourth-order valence-electron chi connectivity index (χ4n) is 3.74. The maximum absolute atomic E-state index is 13.3. The first-order chi connectivity index (χ1) is 11.9. The number of para-hydroxylation sites is 2. The van der Waals surface area contributed by atoms with Gasteiger partial charge in [0.15, 0.2) is 0 Å². The van der Waals surface area contributed by atoms with Gasteiger partial charge in [-0.25, -0.2) is 0 Å². The Morgan fingerprint density at radius 2 is 1.80 bits per heavy atom. The van der Waals surface area contributed by atoms with Crippen LogP contribution in [-0.4, -0.2) is 34.3 Å². The van der Waals surface area contributed by atoms with Crippen molar-refractivity contribution in [3.8, 4) is 0 Å². The van der Waals surface area contributed by atoms with E-state index in [0.717, 1.165) is 42.0 Å². The molecule has 1 aromatic carbocycles. The summed E-state index contributed by atoms with van der Waals surface area (Å²) in [5.41, 5.74) is 3.90. The van der Waals surface area contributed by atoms with Crippen LogP contribution in [0.15, 0.2) is 30.5 Å². The first-order valence-corrected chi connectivity index (χ1v) is 9.08. The van der Waals surface area contributed by atoms with Gasteiger partial charge in [0.1, 0.15) is 0 Å². The van der Waals surface area contributed by atoms with E-state index in [9.17, 15) is 4.79 Å². The topological polar surface area (TPSA) is 41.4 Å². The average molecular weight is 338 g/mol. The highest BCUT2D eigenvalue weighted by atomic mass is 16.2. The van der Waals surface area contributed by atoms with Crippen molar-refractivity contribution in [2.45, 2.75) is 45.1 Å². The summed E-state index contributed by atoms with van der Waals surface area (Å²) in [6.45, 7) is 8.19. The van der Waals surface area contributed by atoms with E-state index in [2.05, 4.69) is 42.9 Å². The van der Waals surface area contributed by atoms with E-state index in [1.165, 1.54) is 0 Å². The molecule has 1 amide bonds. The Balaban J connectivity index is 1.73. The summed E-state index contributed by atoms with van der Waals surface area (Å²) in [7, 11) is 1.90. The van der Waals surface area contributed by atoms with Gasteiger partial charge in [-0.2, -0.15) is 5.10 Å². The van der Waals surface area contributed by atoms with Crippen LogP contribution in [0.4, 0.5) is 11.4 Å². The quantitative estimate of drug-likeness (QED) is 0.841. The Kier molecular flexibility index (Phi) is 3.63. The molecular formula is C20H26N4O. The lowest BCUT2D eigenvalue weighted by Crippen LogP contribution is -2.51. The fourth-order valence-corrected chi connectivity index (χ4v) is 3.74. The number of rotatable bonds is 2. The molecule has 0 spiro atoms. The van der Waals surface area contributed by atoms with Crippen LogP contribution in [0.3, 0.4) is 0 Å². The summed E-state index contributed by atoms with van der Waals surface area (Å²) in [5, 5.41) is 4.56. The molecule has 1 aliphatic carbocycles. The number of fused-ring (bicyclic) bond motifs is 1. The molecule has 4 rings (SSSR count). The zero-order chi connectivity index (χ0) is 17.8. The summed E-state index contributed by atoms with van der Waals surface area (Å²) in [4.78, 5) is 17.7. The highest BCUT2D eigenvalue weighted by molar-refractivity contribution is 6.09. The summed E-state index contributed by atoms with van der Waals surface area (Å²) < 4.78 is 1.78. The molecule has 132 valence electrons. The lowest BCUT2D eigenvalue weighted by atomic mass is 10.0. The lowest BCUT2D eigenvalue weighted by Gasteiger charge is -2.44. The SMILES string of the molecule is Cn1cc(C(=O)N2CCN(C(C)(C)C)c3ccccc32)c(C2CC2)n1. The van der Waals surface area contributed by atoms with Crippen LogP contribution in [0.2, 0.25) is 0 Å². The monoisotopic (exact) mass is 338 g/mol. The molecular weight excluding hydrogens is 312 g/mol. The number of nitrogens with zero attached hydrogens (tertiary/aromatic N) is 4. The number of aryl methyl sites for hydroxylation is 1. The number of anilines is 2. The number of benzene rings is 1. The van der Waals surface area contributed by atoms with E-state index in [4.69, 9.17) is 0 Å². The molecule has 1 aliphatic heterocycles. The third kappa shape index (κ3) is 2.81. The van der Waals surface area contributed by atoms with Crippen LogP contribution in [0.5, 0.6) is 0 Å². The van der Waals surface area contributed by atoms with Crippen molar-refractivity contribution < 1.29 is 4.79 Å². The van der Waals surface area contributed by atoms with Crippen LogP contribution >= 0.6 is 0 Å². The molecule has 0 bridgehead atoms. The fraction of sp³-hybridized carbons (Fsp3) is 0.500. The van der Waals surface area contributed by atoms with Gasteiger partial charge < -0.3 is 9.80 Å². The summed E-state index contributed by atoms with van der Waals surface area (Å²) in [5.74, 6) is 0.544. The van der Waals surface area contributed by atoms with Crippen molar-refractivity contribution in [3.63, 3.8) is 0 Å². The number of aromatic nitrogens is 2.